The fourth-order valence-electron chi connectivity index (χ4n) is 1.62. The van der Waals surface area contributed by atoms with E-state index in [1.54, 1.807) is 0 Å². The van der Waals surface area contributed by atoms with Crippen LogP contribution < -0.4 is 0 Å². The van der Waals surface area contributed by atoms with Crippen molar-refractivity contribution in [2.75, 3.05) is 12.5 Å². The summed E-state index contributed by atoms with van der Waals surface area (Å²) in [5.41, 5.74) is 0.958. The molecule has 2 atom stereocenters. The zero-order valence-corrected chi connectivity index (χ0v) is 9.89. The third-order valence-electron chi connectivity index (χ3n) is 2.48. The highest BCUT2D eigenvalue weighted by atomic mass is 35.5. The Hall–Kier alpha value is -0.280. The minimum Gasteiger partial charge on any atom is -0.343 e. The summed E-state index contributed by atoms with van der Waals surface area (Å²) in [5.74, 6) is -0.243. The summed E-state index contributed by atoms with van der Waals surface area (Å²) in [6, 6.07) is 7.45. The van der Waals surface area contributed by atoms with Crippen LogP contribution in [0.3, 0.4) is 0 Å². The molecule has 1 aliphatic heterocycles. The van der Waals surface area contributed by atoms with Crippen molar-refractivity contribution in [2.24, 2.45) is 0 Å². The number of rotatable bonds is 2. The zero-order chi connectivity index (χ0) is 10.9. The smallest absolute Gasteiger partial charge is 0.192 e. The van der Waals surface area contributed by atoms with E-state index in [1.165, 1.54) is 0 Å². The number of halogens is 2. The van der Waals surface area contributed by atoms with Crippen molar-refractivity contribution in [3.8, 4) is 0 Å². The van der Waals surface area contributed by atoms with E-state index in [2.05, 4.69) is 0 Å². The van der Waals surface area contributed by atoms with Crippen LogP contribution in [0.15, 0.2) is 24.3 Å². The minimum atomic E-state index is -0.690. The lowest BCUT2D eigenvalue weighted by Crippen LogP contribution is -2.24. The summed E-state index contributed by atoms with van der Waals surface area (Å²) >= 11 is 11.5. The van der Waals surface area contributed by atoms with Gasteiger partial charge in [-0.1, -0.05) is 23.7 Å². The van der Waals surface area contributed by atoms with E-state index in [0.29, 0.717) is 17.5 Å². The summed E-state index contributed by atoms with van der Waals surface area (Å²) < 4.78 is 11.3. The van der Waals surface area contributed by atoms with E-state index in [0.717, 1.165) is 5.56 Å². The third kappa shape index (κ3) is 2.28. The minimum absolute atomic E-state index is 0.0349. The first-order chi connectivity index (χ1) is 7.14. The molecule has 0 radical (unpaired) electrons. The third-order valence-corrected chi connectivity index (χ3v) is 3.07. The van der Waals surface area contributed by atoms with Gasteiger partial charge in [0.2, 0.25) is 0 Å². The molecule has 82 valence electrons. The molecule has 2 unspecified atom stereocenters. The molecular weight excluding hydrogens is 235 g/mol. The summed E-state index contributed by atoms with van der Waals surface area (Å²) in [4.78, 5) is 0. The molecule has 2 nitrogen and oxygen atoms in total. The standard InChI is InChI=1S/C11H12Cl2O2/c1-11(14-7-10(6-12)15-11)8-2-4-9(13)5-3-8/h2-5,10H,6-7H2,1H3. The maximum Gasteiger partial charge on any atom is 0.192 e. The van der Waals surface area contributed by atoms with Crippen molar-refractivity contribution < 1.29 is 9.47 Å². The molecule has 1 aliphatic rings. The number of alkyl halides is 1. The second-order valence-corrected chi connectivity index (χ2v) is 4.40. The molecule has 0 amide bonds. The van der Waals surface area contributed by atoms with Crippen LogP contribution in [0.1, 0.15) is 12.5 Å². The molecule has 0 aliphatic carbocycles. The van der Waals surface area contributed by atoms with Crippen LogP contribution in [0.4, 0.5) is 0 Å². The Labute approximate surface area is 99.1 Å². The lowest BCUT2D eigenvalue weighted by molar-refractivity contribution is -0.159. The Morgan fingerprint density at radius 1 is 1.40 bits per heavy atom. The monoisotopic (exact) mass is 246 g/mol. The van der Waals surface area contributed by atoms with E-state index in [-0.39, 0.29) is 6.10 Å². The fraction of sp³-hybridized carbons (Fsp3) is 0.455. The maximum atomic E-state index is 5.82. The molecule has 0 bridgehead atoms. The summed E-state index contributed by atoms with van der Waals surface area (Å²) in [7, 11) is 0. The maximum absolute atomic E-state index is 5.82. The number of hydrogen-bond donors (Lipinski definition) is 0. The van der Waals surface area contributed by atoms with Gasteiger partial charge >= 0.3 is 0 Å². The molecule has 15 heavy (non-hydrogen) atoms. The first kappa shape index (κ1) is 11.2. The van der Waals surface area contributed by atoms with E-state index in [9.17, 15) is 0 Å². The molecule has 0 spiro atoms. The van der Waals surface area contributed by atoms with Gasteiger partial charge in [-0.15, -0.1) is 11.6 Å². The van der Waals surface area contributed by atoms with Gasteiger partial charge < -0.3 is 9.47 Å². The van der Waals surface area contributed by atoms with Gasteiger partial charge in [0.25, 0.3) is 0 Å². The van der Waals surface area contributed by atoms with Crippen LogP contribution in [0, 0.1) is 0 Å². The fourth-order valence-corrected chi connectivity index (χ4v) is 1.90. The molecular formula is C11H12Cl2O2. The highest BCUT2D eigenvalue weighted by Gasteiger charge is 2.38. The molecule has 1 fully saturated rings. The Bertz CT molecular complexity index is 339. The Morgan fingerprint density at radius 3 is 2.60 bits per heavy atom. The van der Waals surface area contributed by atoms with Gasteiger partial charge in [-0.05, 0) is 19.1 Å². The van der Waals surface area contributed by atoms with Crippen LogP contribution in [0.5, 0.6) is 0 Å². The topological polar surface area (TPSA) is 18.5 Å². The predicted octanol–water partition coefficient (Wildman–Crippen LogP) is 3.17. The molecule has 1 aromatic carbocycles. The Balaban J connectivity index is 2.20. The second-order valence-electron chi connectivity index (χ2n) is 3.66. The summed E-state index contributed by atoms with van der Waals surface area (Å²) in [5, 5.41) is 0.703. The molecule has 2 rings (SSSR count). The van der Waals surface area contributed by atoms with Gasteiger partial charge in [-0.2, -0.15) is 0 Å². The van der Waals surface area contributed by atoms with Crippen molar-refractivity contribution in [3.05, 3.63) is 34.9 Å². The van der Waals surface area contributed by atoms with Crippen molar-refractivity contribution in [1.82, 2.24) is 0 Å². The van der Waals surface area contributed by atoms with E-state index < -0.39 is 5.79 Å². The van der Waals surface area contributed by atoms with Crippen molar-refractivity contribution >= 4 is 23.2 Å². The van der Waals surface area contributed by atoms with Crippen LogP contribution in [-0.2, 0) is 15.3 Å². The lowest BCUT2D eigenvalue weighted by atomic mass is 10.1. The van der Waals surface area contributed by atoms with Crippen molar-refractivity contribution in [3.63, 3.8) is 0 Å². The van der Waals surface area contributed by atoms with Gasteiger partial charge in [0, 0.05) is 10.6 Å². The first-order valence-electron chi connectivity index (χ1n) is 4.78. The quantitative estimate of drug-likeness (QED) is 0.747. The number of hydrogen-bond acceptors (Lipinski definition) is 2. The zero-order valence-electron chi connectivity index (χ0n) is 8.37. The van der Waals surface area contributed by atoms with E-state index >= 15 is 0 Å². The molecule has 1 aromatic rings. The van der Waals surface area contributed by atoms with Gasteiger partial charge in [0.1, 0.15) is 0 Å². The average Bonchev–Trinajstić information content (AvgIpc) is 2.62. The first-order valence-corrected chi connectivity index (χ1v) is 5.69. The molecule has 1 heterocycles. The van der Waals surface area contributed by atoms with Crippen molar-refractivity contribution in [1.29, 1.82) is 0 Å². The molecule has 0 saturated carbocycles. The average molecular weight is 247 g/mol. The van der Waals surface area contributed by atoms with Gasteiger partial charge in [0.15, 0.2) is 5.79 Å². The number of ether oxygens (including phenoxy) is 2. The SMILES string of the molecule is CC1(c2ccc(Cl)cc2)OCC(CCl)O1. The summed E-state index contributed by atoms with van der Waals surface area (Å²) in [6.07, 6.45) is -0.0349. The van der Waals surface area contributed by atoms with Gasteiger partial charge in [-0.25, -0.2) is 0 Å². The van der Waals surface area contributed by atoms with Crippen LogP contribution in [0.2, 0.25) is 5.02 Å². The van der Waals surface area contributed by atoms with Gasteiger partial charge in [-0.3, -0.25) is 0 Å². The van der Waals surface area contributed by atoms with Crippen LogP contribution in [0.25, 0.3) is 0 Å². The second kappa shape index (κ2) is 4.30. The van der Waals surface area contributed by atoms with E-state index in [4.69, 9.17) is 32.7 Å². The Morgan fingerprint density at radius 2 is 2.07 bits per heavy atom. The molecule has 0 aromatic heterocycles. The van der Waals surface area contributed by atoms with Crippen LogP contribution >= 0.6 is 23.2 Å². The highest BCUT2D eigenvalue weighted by Crippen LogP contribution is 2.34. The van der Waals surface area contributed by atoms with E-state index in [1.807, 2.05) is 31.2 Å². The molecule has 0 N–H and O–H groups in total. The Kier molecular flexibility index (Phi) is 3.21. The molecule has 4 heteroatoms. The molecule has 1 saturated heterocycles. The number of benzene rings is 1. The van der Waals surface area contributed by atoms with Crippen LogP contribution in [-0.4, -0.2) is 18.6 Å². The summed E-state index contributed by atoms with van der Waals surface area (Å²) in [6.45, 7) is 2.42. The van der Waals surface area contributed by atoms with Gasteiger partial charge in [0.05, 0.1) is 18.6 Å². The lowest BCUT2D eigenvalue weighted by Gasteiger charge is -2.23. The van der Waals surface area contributed by atoms with Crippen molar-refractivity contribution in [2.45, 2.75) is 18.8 Å². The normalized spacial score (nSPS) is 30.7. The largest absolute Gasteiger partial charge is 0.343 e. The highest BCUT2D eigenvalue weighted by molar-refractivity contribution is 6.30. The predicted molar refractivity (Wildman–Crippen MR) is 60.3 cm³/mol.